The van der Waals surface area contributed by atoms with E-state index in [1.165, 1.54) is 4.80 Å². The zero-order chi connectivity index (χ0) is 13.8. The molecule has 0 bridgehead atoms. The van der Waals surface area contributed by atoms with Gasteiger partial charge in [0.1, 0.15) is 0 Å². The molecule has 0 aliphatic rings. The van der Waals surface area contributed by atoms with Crippen LogP contribution in [-0.2, 0) is 6.42 Å². The van der Waals surface area contributed by atoms with Gasteiger partial charge < -0.3 is 5.73 Å². The second-order valence-corrected chi connectivity index (χ2v) is 3.84. The molecule has 1 amide bonds. The largest absolute Gasteiger partial charge is 0.370 e. The average Bonchev–Trinajstić information content (AvgIpc) is 2.83. The van der Waals surface area contributed by atoms with Gasteiger partial charge in [-0.25, -0.2) is 0 Å². The van der Waals surface area contributed by atoms with E-state index in [-0.39, 0.29) is 18.1 Å². The van der Waals surface area contributed by atoms with Crippen LogP contribution in [0.15, 0.2) is 30.3 Å². The lowest BCUT2D eigenvalue weighted by atomic mass is 10.2. The topological polar surface area (TPSA) is 110 Å². The zero-order valence-corrected chi connectivity index (χ0v) is 11.6. The molecule has 2 aromatic rings. The third-order valence-corrected chi connectivity index (χ3v) is 2.47. The molecule has 0 saturated carbocycles. The molecule has 1 aromatic heterocycles. The van der Waals surface area contributed by atoms with E-state index in [1.807, 2.05) is 37.3 Å². The SMILES string of the molecule is CCc1nn(-c2ccccc2)nc1C(=O)NC(=N)N.Cl. The summed E-state index contributed by atoms with van der Waals surface area (Å²) in [4.78, 5) is 13.2. The van der Waals surface area contributed by atoms with Crippen molar-refractivity contribution < 1.29 is 4.79 Å². The van der Waals surface area contributed by atoms with Crippen molar-refractivity contribution in [2.45, 2.75) is 13.3 Å². The van der Waals surface area contributed by atoms with E-state index in [2.05, 4.69) is 15.5 Å². The Morgan fingerprint density at radius 3 is 2.55 bits per heavy atom. The fourth-order valence-corrected chi connectivity index (χ4v) is 1.61. The molecule has 0 fully saturated rings. The lowest BCUT2D eigenvalue weighted by molar-refractivity contribution is 0.0970. The van der Waals surface area contributed by atoms with Crippen molar-refractivity contribution in [2.24, 2.45) is 5.73 Å². The predicted molar refractivity (Wildman–Crippen MR) is 77.4 cm³/mol. The highest BCUT2D eigenvalue weighted by Gasteiger charge is 2.18. The van der Waals surface area contributed by atoms with E-state index in [4.69, 9.17) is 11.1 Å². The second kappa shape index (κ2) is 6.67. The number of carbonyl (C=O) groups is 1. The van der Waals surface area contributed by atoms with Crippen LogP contribution in [0.3, 0.4) is 0 Å². The number of hydrogen-bond acceptors (Lipinski definition) is 4. The molecule has 0 spiro atoms. The van der Waals surface area contributed by atoms with E-state index in [1.54, 1.807) is 0 Å². The number of benzene rings is 1. The summed E-state index contributed by atoms with van der Waals surface area (Å²) in [6, 6.07) is 9.29. The molecule has 7 nitrogen and oxygen atoms in total. The Morgan fingerprint density at radius 2 is 2.00 bits per heavy atom. The molecule has 4 N–H and O–H groups in total. The lowest BCUT2D eigenvalue weighted by Gasteiger charge is -1.99. The molecule has 2 rings (SSSR count). The van der Waals surface area contributed by atoms with Crippen molar-refractivity contribution >= 4 is 24.3 Å². The number of nitrogens with two attached hydrogens (primary N) is 1. The predicted octanol–water partition coefficient (Wildman–Crippen LogP) is 0.875. The van der Waals surface area contributed by atoms with Crippen LogP contribution in [0.5, 0.6) is 0 Å². The van der Waals surface area contributed by atoms with Crippen LogP contribution in [0.4, 0.5) is 0 Å². The smallest absolute Gasteiger partial charge is 0.280 e. The van der Waals surface area contributed by atoms with Gasteiger partial charge >= 0.3 is 0 Å². The molecule has 8 heteroatoms. The van der Waals surface area contributed by atoms with Gasteiger partial charge in [-0.05, 0) is 18.6 Å². The molecular weight excluding hydrogens is 280 g/mol. The van der Waals surface area contributed by atoms with E-state index in [0.717, 1.165) is 5.69 Å². The van der Waals surface area contributed by atoms with E-state index in [0.29, 0.717) is 12.1 Å². The van der Waals surface area contributed by atoms with Crippen LogP contribution >= 0.6 is 12.4 Å². The number of rotatable bonds is 3. The van der Waals surface area contributed by atoms with E-state index in [9.17, 15) is 4.79 Å². The Balaban J connectivity index is 0.00000200. The Kier molecular flexibility index (Phi) is 5.22. The Labute approximate surface area is 122 Å². The van der Waals surface area contributed by atoms with Crippen molar-refractivity contribution in [3.8, 4) is 5.69 Å². The number of aromatic nitrogens is 3. The van der Waals surface area contributed by atoms with Crippen molar-refractivity contribution in [1.82, 2.24) is 20.3 Å². The van der Waals surface area contributed by atoms with Crippen LogP contribution in [0.2, 0.25) is 0 Å². The molecule has 0 atom stereocenters. The van der Waals surface area contributed by atoms with Crippen LogP contribution in [0, 0.1) is 5.41 Å². The number of aryl methyl sites for hydroxylation is 1. The Bertz CT molecular complexity index is 610. The first-order chi connectivity index (χ1) is 9.11. The summed E-state index contributed by atoms with van der Waals surface area (Å²) in [6.07, 6.45) is 0.563. The molecule has 106 valence electrons. The van der Waals surface area contributed by atoms with E-state index < -0.39 is 11.9 Å². The third-order valence-electron chi connectivity index (χ3n) is 2.47. The summed E-state index contributed by atoms with van der Waals surface area (Å²) in [5.74, 6) is -0.937. The van der Waals surface area contributed by atoms with Gasteiger partial charge in [0.25, 0.3) is 5.91 Å². The average molecular weight is 295 g/mol. The maximum Gasteiger partial charge on any atom is 0.280 e. The minimum Gasteiger partial charge on any atom is -0.370 e. The van der Waals surface area contributed by atoms with E-state index >= 15 is 0 Å². The Hall–Kier alpha value is -2.41. The minimum atomic E-state index is -0.522. The second-order valence-electron chi connectivity index (χ2n) is 3.84. The first-order valence-corrected chi connectivity index (χ1v) is 5.78. The zero-order valence-electron chi connectivity index (χ0n) is 10.8. The number of hydrogen-bond donors (Lipinski definition) is 3. The van der Waals surface area contributed by atoms with Gasteiger partial charge in [0.05, 0.1) is 11.4 Å². The molecule has 1 aromatic carbocycles. The van der Waals surface area contributed by atoms with Crippen molar-refractivity contribution in [1.29, 1.82) is 5.41 Å². The molecule has 0 saturated heterocycles. The number of carbonyl (C=O) groups excluding carboxylic acids is 1. The fourth-order valence-electron chi connectivity index (χ4n) is 1.61. The summed E-state index contributed by atoms with van der Waals surface area (Å²) in [7, 11) is 0. The number of nitrogens with zero attached hydrogens (tertiary/aromatic N) is 3. The highest BCUT2D eigenvalue weighted by molar-refractivity contribution is 6.03. The van der Waals surface area contributed by atoms with Gasteiger partial charge in [-0.1, -0.05) is 25.1 Å². The van der Waals surface area contributed by atoms with Crippen molar-refractivity contribution in [3.05, 3.63) is 41.7 Å². The summed E-state index contributed by atoms with van der Waals surface area (Å²) in [5, 5.41) is 17.7. The molecule has 0 radical (unpaired) electrons. The van der Waals surface area contributed by atoms with Gasteiger partial charge in [0.15, 0.2) is 11.7 Å². The number of halogens is 1. The first kappa shape index (κ1) is 15.6. The van der Waals surface area contributed by atoms with Crippen LogP contribution < -0.4 is 11.1 Å². The van der Waals surface area contributed by atoms with Gasteiger partial charge in [0.2, 0.25) is 0 Å². The minimum absolute atomic E-state index is 0. The van der Waals surface area contributed by atoms with Crippen LogP contribution in [0.25, 0.3) is 5.69 Å². The third kappa shape index (κ3) is 3.33. The van der Waals surface area contributed by atoms with Gasteiger partial charge in [-0.15, -0.1) is 17.5 Å². The molecule has 20 heavy (non-hydrogen) atoms. The van der Waals surface area contributed by atoms with Gasteiger partial charge in [-0.2, -0.15) is 9.90 Å². The fraction of sp³-hybridized carbons (Fsp3) is 0.167. The summed E-state index contributed by atoms with van der Waals surface area (Å²) >= 11 is 0. The number of para-hydroxylation sites is 1. The molecule has 0 unspecified atom stereocenters. The number of amides is 1. The number of guanidine groups is 1. The van der Waals surface area contributed by atoms with Crippen LogP contribution in [-0.4, -0.2) is 26.9 Å². The standard InChI is InChI=1S/C12H14N6O.ClH/c1-2-9-10(11(19)15-12(13)14)17-18(16-9)8-6-4-3-5-7-8;/h3-7H,2H2,1H3,(H4,13,14,15,19);1H. The molecule has 1 heterocycles. The quantitative estimate of drug-likeness (QED) is 0.576. The van der Waals surface area contributed by atoms with Gasteiger partial charge in [0, 0.05) is 0 Å². The summed E-state index contributed by atoms with van der Waals surface area (Å²) < 4.78 is 0. The van der Waals surface area contributed by atoms with Crippen molar-refractivity contribution in [2.75, 3.05) is 0 Å². The normalized spacial score (nSPS) is 9.65. The van der Waals surface area contributed by atoms with Gasteiger partial charge in [-0.3, -0.25) is 15.5 Å². The van der Waals surface area contributed by atoms with Crippen LogP contribution in [0.1, 0.15) is 23.1 Å². The Morgan fingerprint density at radius 1 is 1.35 bits per heavy atom. The first-order valence-electron chi connectivity index (χ1n) is 5.78. The summed E-state index contributed by atoms with van der Waals surface area (Å²) in [6.45, 7) is 1.88. The molecule has 0 aliphatic carbocycles. The molecule has 0 aliphatic heterocycles. The highest BCUT2D eigenvalue weighted by atomic mass is 35.5. The monoisotopic (exact) mass is 294 g/mol. The maximum atomic E-state index is 11.8. The highest BCUT2D eigenvalue weighted by Crippen LogP contribution is 2.09. The number of nitrogens with one attached hydrogen (secondary N) is 2. The van der Waals surface area contributed by atoms with Crippen molar-refractivity contribution in [3.63, 3.8) is 0 Å². The lowest BCUT2D eigenvalue weighted by Crippen LogP contribution is -2.36. The maximum absolute atomic E-state index is 11.8. The molecular formula is C12H15ClN6O. The summed E-state index contributed by atoms with van der Waals surface area (Å²) in [5.41, 5.74) is 6.64.